The summed E-state index contributed by atoms with van der Waals surface area (Å²) in [5.41, 5.74) is 0.860. The second-order valence-electron chi connectivity index (χ2n) is 6.27. The van der Waals surface area contributed by atoms with Crippen LogP contribution in [-0.4, -0.2) is 41.2 Å². The smallest absolute Gasteiger partial charge is 0.263 e. The Morgan fingerprint density at radius 3 is 2.61 bits per heavy atom. The van der Waals surface area contributed by atoms with Crippen LogP contribution in [0.3, 0.4) is 0 Å². The van der Waals surface area contributed by atoms with Crippen LogP contribution in [0.4, 0.5) is 0 Å². The number of amides is 1. The normalized spacial score (nSPS) is 11.7. The lowest BCUT2D eigenvalue weighted by Gasteiger charge is -2.22. The summed E-state index contributed by atoms with van der Waals surface area (Å²) in [5.74, 6) is 1.96. The lowest BCUT2D eigenvalue weighted by Crippen LogP contribution is -2.39. The van der Waals surface area contributed by atoms with Gasteiger partial charge >= 0.3 is 0 Å². The number of aromatic nitrogens is 2. The lowest BCUT2D eigenvalue weighted by atomic mass is 10.2. The Balaban J connectivity index is 1.64. The molecule has 0 saturated heterocycles. The van der Waals surface area contributed by atoms with Crippen molar-refractivity contribution in [2.75, 3.05) is 14.2 Å². The molecule has 0 bridgehead atoms. The first-order valence-corrected chi connectivity index (χ1v) is 9.04. The molecule has 7 nitrogen and oxygen atoms in total. The van der Waals surface area contributed by atoms with Crippen molar-refractivity contribution in [2.45, 2.75) is 26.0 Å². The summed E-state index contributed by atoms with van der Waals surface area (Å²) in [5, 5.41) is 3.98. The van der Waals surface area contributed by atoms with Crippen LogP contribution in [0.15, 0.2) is 59.1 Å². The minimum Gasteiger partial charge on any atom is -0.497 e. The van der Waals surface area contributed by atoms with Crippen molar-refractivity contribution < 1.29 is 18.8 Å². The Labute approximate surface area is 163 Å². The SMILES string of the molecule is CC[C@@H](Oc1cccc(OC)c1)C(=O)N(C)Cc1nc(-c2ccccc2)no1. The van der Waals surface area contributed by atoms with E-state index < -0.39 is 6.10 Å². The summed E-state index contributed by atoms with van der Waals surface area (Å²) in [7, 11) is 3.27. The number of methoxy groups -OCH3 is 1. The molecule has 2 aromatic carbocycles. The third kappa shape index (κ3) is 4.68. The second kappa shape index (κ2) is 9.03. The monoisotopic (exact) mass is 381 g/mol. The number of ether oxygens (including phenoxy) is 2. The molecule has 0 fully saturated rings. The van der Waals surface area contributed by atoms with E-state index in [1.54, 1.807) is 26.3 Å². The highest BCUT2D eigenvalue weighted by molar-refractivity contribution is 5.81. The lowest BCUT2D eigenvalue weighted by molar-refractivity contribution is -0.138. The Morgan fingerprint density at radius 1 is 1.14 bits per heavy atom. The number of carbonyl (C=O) groups is 1. The summed E-state index contributed by atoms with van der Waals surface area (Å²) in [6, 6.07) is 16.7. The van der Waals surface area contributed by atoms with Crippen LogP contribution in [-0.2, 0) is 11.3 Å². The van der Waals surface area contributed by atoms with Gasteiger partial charge in [-0.15, -0.1) is 0 Å². The van der Waals surface area contributed by atoms with Crippen LogP contribution in [0.5, 0.6) is 11.5 Å². The first-order valence-electron chi connectivity index (χ1n) is 9.04. The van der Waals surface area contributed by atoms with E-state index in [-0.39, 0.29) is 12.5 Å². The molecule has 3 aromatic rings. The number of hydrogen-bond acceptors (Lipinski definition) is 6. The number of benzene rings is 2. The van der Waals surface area contributed by atoms with Crippen molar-refractivity contribution >= 4 is 5.91 Å². The van der Waals surface area contributed by atoms with Crippen LogP contribution < -0.4 is 9.47 Å². The zero-order valence-corrected chi connectivity index (χ0v) is 16.2. The van der Waals surface area contributed by atoms with Gasteiger partial charge in [-0.3, -0.25) is 4.79 Å². The summed E-state index contributed by atoms with van der Waals surface area (Å²) in [6.45, 7) is 2.10. The Kier molecular flexibility index (Phi) is 6.26. The molecule has 146 valence electrons. The number of nitrogens with zero attached hydrogens (tertiary/aromatic N) is 3. The molecular weight excluding hydrogens is 358 g/mol. The molecule has 1 heterocycles. The van der Waals surface area contributed by atoms with Gasteiger partial charge in [0.2, 0.25) is 11.7 Å². The van der Waals surface area contributed by atoms with Gasteiger partial charge in [0.05, 0.1) is 13.7 Å². The minimum absolute atomic E-state index is 0.162. The highest BCUT2D eigenvalue weighted by Gasteiger charge is 2.24. The van der Waals surface area contributed by atoms with Crippen molar-refractivity contribution in [2.24, 2.45) is 0 Å². The number of carbonyl (C=O) groups excluding carboxylic acids is 1. The van der Waals surface area contributed by atoms with Crippen molar-refractivity contribution in [3.8, 4) is 22.9 Å². The van der Waals surface area contributed by atoms with Gasteiger partial charge in [-0.1, -0.05) is 48.5 Å². The van der Waals surface area contributed by atoms with Gasteiger partial charge in [0, 0.05) is 18.7 Å². The summed E-state index contributed by atoms with van der Waals surface area (Å²) in [4.78, 5) is 18.7. The zero-order chi connectivity index (χ0) is 19.9. The number of likely N-dealkylation sites (N-methyl/N-ethyl adjacent to an activating group) is 1. The van der Waals surface area contributed by atoms with Crippen LogP contribution in [0.25, 0.3) is 11.4 Å². The fourth-order valence-corrected chi connectivity index (χ4v) is 2.70. The third-order valence-corrected chi connectivity index (χ3v) is 4.21. The first kappa shape index (κ1) is 19.4. The van der Waals surface area contributed by atoms with Gasteiger partial charge < -0.3 is 18.9 Å². The van der Waals surface area contributed by atoms with E-state index in [0.717, 1.165) is 5.56 Å². The molecule has 1 atom stereocenters. The summed E-state index contributed by atoms with van der Waals surface area (Å²) >= 11 is 0. The highest BCUT2D eigenvalue weighted by Crippen LogP contribution is 2.21. The van der Waals surface area contributed by atoms with E-state index in [0.29, 0.717) is 29.6 Å². The quantitative estimate of drug-likeness (QED) is 0.594. The average Bonchev–Trinajstić information content (AvgIpc) is 3.20. The summed E-state index contributed by atoms with van der Waals surface area (Å²) in [6.07, 6.45) is -0.0898. The highest BCUT2D eigenvalue weighted by atomic mass is 16.5. The predicted octanol–water partition coefficient (Wildman–Crippen LogP) is 3.56. The maximum Gasteiger partial charge on any atom is 0.263 e. The Morgan fingerprint density at radius 2 is 1.89 bits per heavy atom. The van der Waals surface area contributed by atoms with E-state index in [1.165, 1.54) is 4.90 Å². The molecule has 7 heteroatoms. The summed E-state index contributed by atoms with van der Waals surface area (Å²) < 4.78 is 16.3. The average molecular weight is 381 g/mol. The zero-order valence-electron chi connectivity index (χ0n) is 16.2. The van der Waals surface area contributed by atoms with Gasteiger partial charge in [-0.25, -0.2) is 0 Å². The number of hydrogen-bond donors (Lipinski definition) is 0. The van der Waals surface area contributed by atoms with Gasteiger partial charge in [0.1, 0.15) is 11.5 Å². The molecular formula is C21H23N3O4. The fraction of sp³-hybridized carbons (Fsp3) is 0.286. The maximum absolute atomic E-state index is 12.8. The second-order valence-corrected chi connectivity index (χ2v) is 6.27. The molecule has 28 heavy (non-hydrogen) atoms. The van der Waals surface area contributed by atoms with Crippen LogP contribution in [0, 0.1) is 0 Å². The van der Waals surface area contributed by atoms with Gasteiger partial charge in [0.15, 0.2) is 6.10 Å². The van der Waals surface area contributed by atoms with E-state index in [9.17, 15) is 4.79 Å². The van der Waals surface area contributed by atoms with Gasteiger partial charge in [-0.2, -0.15) is 4.98 Å². The van der Waals surface area contributed by atoms with E-state index >= 15 is 0 Å². The maximum atomic E-state index is 12.8. The molecule has 1 amide bonds. The van der Waals surface area contributed by atoms with Gasteiger partial charge in [0.25, 0.3) is 5.91 Å². The topological polar surface area (TPSA) is 77.7 Å². The molecule has 3 rings (SSSR count). The third-order valence-electron chi connectivity index (χ3n) is 4.21. The van der Waals surface area contributed by atoms with Crippen molar-refractivity contribution in [1.29, 1.82) is 0 Å². The van der Waals surface area contributed by atoms with Crippen LogP contribution in [0.1, 0.15) is 19.2 Å². The molecule has 0 aliphatic heterocycles. The van der Waals surface area contributed by atoms with E-state index in [1.807, 2.05) is 49.4 Å². The largest absolute Gasteiger partial charge is 0.497 e. The molecule has 1 aromatic heterocycles. The van der Waals surface area contributed by atoms with E-state index in [4.69, 9.17) is 14.0 Å². The molecule has 0 radical (unpaired) electrons. The first-order chi connectivity index (χ1) is 13.6. The molecule has 0 spiro atoms. The Bertz CT molecular complexity index is 911. The van der Waals surface area contributed by atoms with Crippen LogP contribution in [0.2, 0.25) is 0 Å². The van der Waals surface area contributed by atoms with Crippen molar-refractivity contribution in [3.63, 3.8) is 0 Å². The van der Waals surface area contributed by atoms with Crippen LogP contribution >= 0.6 is 0 Å². The molecule has 0 aliphatic carbocycles. The standard InChI is InChI=1S/C21H23N3O4/c1-4-18(27-17-12-8-11-16(13-17)26-3)21(25)24(2)14-19-22-20(23-28-19)15-9-6-5-7-10-15/h5-13,18H,4,14H2,1-3H3/t18-/m1/s1. The molecule has 0 aliphatic rings. The molecule has 0 unspecified atom stereocenters. The molecule has 0 saturated carbocycles. The van der Waals surface area contributed by atoms with Crippen molar-refractivity contribution in [1.82, 2.24) is 15.0 Å². The predicted molar refractivity (Wildman–Crippen MR) is 104 cm³/mol. The van der Waals surface area contributed by atoms with E-state index in [2.05, 4.69) is 10.1 Å². The number of rotatable bonds is 8. The van der Waals surface area contributed by atoms with Gasteiger partial charge in [-0.05, 0) is 18.6 Å². The minimum atomic E-state index is -0.617. The molecule has 0 N–H and O–H groups in total. The fourth-order valence-electron chi connectivity index (χ4n) is 2.70. The Hall–Kier alpha value is -3.35. The van der Waals surface area contributed by atoms with Crippen molar-refractivity contribution in [3.05, 3.63) is 60.5 Å².